The summed E-state index contributed by atoms with van der Waals surface area (Å²) in [5.41, 5.74) is 2.09. The van der Waals surface area contributed by atoms with Crippen LogP contribution in [0.4, 0.5) is 0 Å². The Balaban J connectivity index is 3.35. The van der Waals surface area contributed by atoms with Crippen LogP contribution >= 0.6 is 15.2 Å². The lowest BCUT2D eigenvalue weighted by Gasteiger charge is -2.21. The maximum atomic E-state index is 13.0. The summed E-state index contributed by atoms with van der Waals surface area (Å²) in [6.45, 7) is 8.14. The van der Waals surface area contributed by atoms with Gasteiger partial charge in [-0.1, -0.05) is 18.2 Å². The molecule has 0 unspecified atom stereocenters. The summed E-state index contributed by atoms with van der Waals surface area (Å²) in [7, 11) is -3.59. The van der Waals surface area contributed by atoms with Crippen molar-refractivity contribution in [2.45, 2.75) is 46.3 Å². The van der Waals surface area contributed by atoms with Gasteiger partial charge in [0.15, 0.2) is 6.29 Å². The van der Waals surface area contributed by atoms with Gasteiger partial charge < -0.3 is 27.6 Å². The van der Waals surface area contributed by atoms with Crippen molar-refractivity contribution < 1.29 is 36.7 Å². The minimum absolute atomic E-state index is 0.0727. The lowest BCUT2D eigenvalue weighted by Crippen LogP contribution is -2.07. The molecule has 0 aromatic heterocycles. The van der Waals surface area contributed by atoms with Gasteiger partial charge in [0, 0.05) is 19.8 Å². The lowest BCUT2D eigenvalue weighted by molar-refractivity contribution is -0.106. The second kappa shape index (κ2) is 13.0. The van der Waals surface area contributed by atoms with E-state index in [-0.39, 0.29) is 38.8 Å². The third kappa shape index (κ3) is 8.60. The van der Waals surface area contributed by atoms with E-state index in [1.165, 1.54) is 14.2 Å². The monoisotopic (exact) mass is 452 g/mol. The zero-order valence-corrected chi connectivity index (χ0v) is 20.0. The molecule has 0 saturated carbocycles. The highest BCUT2D eigenvalue weighted by Crippen LogP contribution is 2.53. The quantitative estimate of drug-likeness (QED) is 0.254. The molecule has 29 heavy (non-hydrogen) atoms. The van der Waals surface area contributed by atoms with Crippen molar-refractivity contribution in [3.05, 3.63) is 34.9 Å². The summed E-state index contributed by atoms with van der Waals surface area (Å²) in [5.74, 6) is 0. The molecular formula is C19H34O8P2. The van der Waals surface area contributed by atoms with Gasteiger partial charge in [0.05, 0.1) is 38.8 Å². The Morgan fingerprint density at radius 3 is 1.31 bits per heavy atom. The molecule has 1 rings (SSSR count). The molecule has 0 aliphatic heterocycles. The molecule has 168 valence electrons. The molecule has 0 aliphatic rings. The van der Waals surface area contributed by atoms with Crippen molar-refractivity contribution in [1.29, 1.82) is 0 Å². The fourth-order valence-electron chi connectivity index (χ4n) is 2.97. The third-order valence-electron chi connectivity index (χ3n) is 3.83. The maximum Gasteiger partial charge on any atom is 0.335 e. The van der Waals surface area contributed by atoms with E-state index in [1.807, 2.05) is 12.1 Å². The number of hydrogen-bond acceptors (Lipinski definition) is 8. The average Bonchev–Trinajstić information content (AvgIpc) is 2.63. The van der Waals surface area contributed by atoms with Crippen molar-refractivity contribution in [2.24, 2.45) is 0 Å². The summed E-state index contributed by atoms with van der Waals surface area (Å²) in [6, 6.07) is 5.44. The highest BCUT2D eigenvalue weighted by atomic mass is 31.2. The second-order valence-corrected chi connectivity index (χ2v) is 10.2. The molecule has 1 aromatic carbocycles. The highest BCUT2D eigenvalue weighted by molar-refractivity contribution is 7.53. The standard InChI is InChI=1S/C19H34O8P2/c1-7-24-28(20,25-8-2)14-16-11-17(13-18(12-16)19(22-5)23-6)15-29(21,26-9-3)27-10-4/h11-13,19H,7-10,14-15H2,1-6H3. The molecule has 0 N–H and O–H groups in total. The first-order chi connectivity index (χ1) is 13.8. The Kier molecular flexibility index (Phi) is 11.9. The van der Waals surface area contributed by atoms with E-state index in [2.05, 4.69) is 0 Å². The maximum absolute atomic E-state index is 13.0. The van der Waals surface area contributed by atoms with Crippen molar-refractivity contribution in [1.82, 2.24) is 0 Å². The molecule has 0 radical (unpaired) electrons. The van der Waals surface area contributed by atoms with E-state index in [0.717, 1.165) is 0 Å². The Hall–Kier alpha value is -0.560. The molecule has 0 atom stereocenters. The van der Waals surface area contributed by atoms with Gasteiger partial charge in [0.25, 0.3) is 0 Å². The SMILES string of the molecule is CCOP(=O)(Cc1cc(CP(=O)(OCC)OCC)cc(C(OC)OC)c1)OCC. The normalized spacial score (nSPS) is 12.7. The first kappa shape index (κ1) is 26.5. The van der Waals surface area contributed by atoms with Gasteiger partial charge >= 0.3 is 15.2 Å². The van der Waals surface area contributed by atoms with Gasteiger partial charge in [-0.05, 0) is 38.8 Å². The fraction of sp³-hybridized carbons (Fsp3) is 0.684. The van der Waals surface area contributed by atoms with Gasteiger partial charge in [-0.15, -0.1) is 0 Å². The molecule has 1 aromatic rings. The molecule has 0 bridgehead atoms. The van der Waals surface area contributed by atoms with Crippen LogP contribution in [-0.2, 0) is 49.0 Å². The van der Waals surface area contributed by atoms with E-state index in [4.69, 9.17) is 27.6 Å². The van der Waals surface area contributed by atoms with Crippen LogP contribution in [-0.4, -0.2) is 40.6 Å². The van der Waals surface area contributed by atoms with Crippen LogP contribution in [0.2, 0.25) is 0 Å². The number of ether oxygens (including phenoxy) is 2. The van der Waals surface area contributed by atoms with Crippen molar-refractivity contribution >= 4 is 15.2 Å². The van der Waals surface area contributed by atoms with Crippen LogP contribution < -0.4 is 0 Å². The summed E-state index contributed by atoms with van der Waals surface area (Å²) in [6.07, 6.45) is -0.488. The molecule has 0 amide bonds. The molecule has 8 nitrogen and oxygen atoms in total. The smallest absolute Gasteiger partial charge is 0.335 e. The van der Waals surface area contributed by atoms with Gasteiger partial charge in [-0.25, -0.2) is 0 Å². The van der Waals surface area contributed by atoms with E-state index in [9.17, 15) is 9.13 Å². The Morgan fingerprint density at radius 1 is 0.690 bits per heavy atom. The zero-order chi connectivity index (χ0) is 21.9. The van der Waals surface area contributed by atoms with E-state index in [1.54, 1.807) is 33.8 Å². The van der Waals surface area contributed by atoms with E-state index < -0.39 is 21.5 Å². The number of benzene rings is 1. The van der Waals surface area contributed by atoms with E-state index in [0.29, 0.717) is 16.7 Å². The summed E-state index contributed by atoms with van der Waals surface area (Å²) >= 11 is 0. The van der Waals surface area contributed by atoms with E-state index >= 15 is 0 Å². The molecule has 10 heteroatoms. The molecule has 0 fully saturated rings. The number of hydrogen-bond donors (Lipinski definition) is 0. The molecule has 0 aliphatic carbocycles. The first-order valence-corrected chi connectivity index (χ1v) is 13.2. The Labute approximate surface area is 174 Å². The van der Waals surface area contributed by atoms with Crippen LogP contribution in [0.15, 0.2) is 18.2 Å². The predicted molar refractivity (Wildman–Crippen MR) is 112 cm³/mol. The highest BCUT2D eigenvalue weighted by Gasteiger charge is 2.28. The number of methoxy groups -OCH3 is 2. The summed E-state index contributed by atoms with van der Waals surface area (Å²) < 4.78 is 58.4. The topological polar surface area (TPSA) is 89.5 Å². The van der Waals surface area contributed by atoms with Crippen LogP contribution in [0.1, 0.15) is 50.7 Å². The Bertz CT molecular complexity index is 635. The summed E-state index contributed by atoms with van der Waals surface area (Å²) in [4.78, 5) is 0. The largest absolute Gasteiger partial charge is 0.352 e. The second-order valence-electron chi connectivity index (χ2n) is 6.10. The minimum atomic E-state index is -3.32. The lowest BCUT2D eigenvalue weighted by atomic mass is 10.1. The minimum Gasteiger partial charge on any atom is -0.352 e. The Morgan fingerprint density at radius 2 is 1.03 bits per heavy atom. The van der Waals surface area contributed by atoms with Crippen LogP contribution in [0, 0.1) is 0 Å². The first-order valence-electron chi connectivity index (χ1n) is 9.73. The van der Waals surface area contributed by atoms with Crippen LogP contribution in [0.25, 0.3) is 0 Å². The zero-order valence-electron chi connectivity index (χ0n) is 18.2. The molecular weight excluding hydrogens is 418 g/mol. The van der Waals surface area contributed by atoms with Crippen LogP contribution in [0.5, 0.6) is 0 Å². The number of rotatable bonds is 15. The fourth-order valence-corrected chi connectivity index (χ4v) is 6.32. The molecule has 0 spiro atoms. The molecule has 0 heterocycles. The van der Waals surface area contributed by atoms with Gasteiger partial charge in [0.1, 0.15) is 0 Å². The van der Waals surface area contributed by atoms with Crippen molar-refractivity contribution in [3.8, 4) is 0 Å². The van der Waals surface area contributed by atoms with Gasteiger partial charge in [-0.3, -0.25) is 9.13 Å². The molecule has 0 saturated heterocycles. The van der Waals surface area contributed by atoms with Crippen molar-refractivity contribution in [2.75, 3.05) is 40.6 Å². The average molecular weight is 452 g/mol. The van der Waals surface area contributed by atoms with Gasteiger partial charge in [-0.2, -0.15) is 0 Å². The van der Waals surface area contributed by atoms with Crippen LogP contribution in [0.3, 0.4) is 0 Å². The summed E-state index contributed by atoms with van der Waals surface area (Å²) in [5, 5.41) is 0. The van der Waals surface area contributed by atoms with Gasteiger partial charge in [0.2, 0.25) is 0 Å². The van der Waals surface area contributed by atoms with Crippen molar-refractivity contribution in [3.63, 3.8) is 0 Å². The third-order valence-corrected chi connectivity index (χ3v) is 7.94. The predicted octanol–water partition coefficient (Wildman–Crippen LogP) is 5.51.